The van der Waals surface area contributed by atoms with Gasteiger partial charge in [0.15, 0.2) is 0 Å². The predicted molar refractivity (Wildman–Crippen MR) is 78.1 cm³/mol. The standard InChI is InChI=1S/C16H21N3/c1-4-7-18-16(14-6-5-8-17-11-14)15-13(3)9-12(2)10-19-15/h5-6,8-11,16,18H,4,7H2,1-3H3. The van der Waals surface area contributed by atoms with Gasteiger partial charge in [-0.05, 0) is 49.6 Å². The van der Waals surface area contributed by atoms with Crippen LogP contribution in [0.2, 0.25) is 0 Å². The van der Waals surface area contributed by atoms with E-state index < -0.39 is 0 Å². The van der Waals surface area contributed by atoms with Crippen LogP contribution in [-0.2, 0) is 0 Å². The Hall–Kier alpha value is -1.74. The minimum absolute atomic E-state index is 0.120. The van der Waals surface area contributed by atoms with Crippen molar-refractivity contribution in [2.24, 2.45) is 0 Å². The summed E-state index contributed by atoms with van der Waals surface area (Å²) in [4.78, 5) is 8.84. The summed E-state index contributed by atoms with van der Waals surface area (Å²) in [7, 11) is 0. The molecular weight excluding hydrogens is 234 g/mol. The Morgan fingerprint density at radius 2 is 2.11 bits per heavy atom. The van der Waals surface area contributed by atoms with Crippen LogP contribution in [0.4, 0.5) is 0 Å². The van der Waals surface area contributed by atoms with Gasteiger partial charge in [0.25, 0.3) is 0 Å². The third-order valence-corrected chi connectivity index (χ3v) is 3.15. The Labute approximate surface area is 115 Å². The molecule has 0 spiro atoms. The molecule has 0 aliphatic rings. The Morgan fingerprint density at radius 1 is 1.26 bits per heavy atom. The van der Waals surface area contributed by atoms with Crippen LogP contribution in [0.5, 0.6) is 0 Å². The number of aromatic nitrogens is 2. The molecule has 0 bridgehead atoms. The minimum Gasteiger partial charge on any atom is -0.305 e. The Balaban J connectivity index is 2.37. The van der Waals surface area contributed by atoms with Crippen molar-refractivity contribution in [2.45, 2.75) is 33.2 Å². The van der Waals surface area contributed by atoms with Gasteiger partial charge >= 0.3 is 0 Å². The van der Waals surface area contributed by atoms with Gasteiger partial charge in [-0.3, -0.25) is 9.97 Å². The second-order valence-electron chi connectivity index (χ2n) is 4.89. The maximum Gasteiger partial charge on any atom is 0.0769 e. The average molecular weight is 255 g/mol. The first kappa shape index (κ1) is 13.7. The summed E-state index contributed by atoms with van der Waals surface area (Å²) in [6.45, 7) is 7.33. The first-order chi connectivity index (χ1) is 9.22. The summed E-state index contributed by atoms with van der Waals surface area (Å²) in [5.41, 5.74) is 4.67. The van der Waals surface area contributed by atoms with Crippen LogP contribution in [0.3, 0.4) is 0 Å². The molecule has 2 heterocycles. The van der Waals surface area contributed by atoms with Crippen LogP contribution in [0.25, 0.3) is 0 Å². The molecule has 0 saturated heterocycles. The van der Waals surface area contributed by atoms with E-state index in [4.69, 9.17) is 0 Å². The van der Waals surface area contributed by atoms with Crippen molar-refractivity contribution in [1.29, 1.82) is 0 Å². The third kappa shape index (κ3) is 3.38. The third-order valence-electron chi connectivity index (χ3n) is 3.15. The molecule has 0 saturated carbocycles. The predicted octanol–water partition coefficient (Wildman–Crippen LogP) is 3.18. The maximum atomic E-state index is 4.62. The lowest BCUT2D eigenvalue weighted by molar-refractivity contribution is 0.582. The average Bonchev–Trinajstić information content (AvgIpc) is 2.42. The molecule has 2 aromatic rings. The van der Waals surface area contributed by atoms with Crippen molar-refractivity contribution in [3.8, 4) is 0 Å². The van der Waals surface area contributed by atoms with Gasteiger partial charge in [-0.1, -0.05) is 19.1 Å². The molecule has 0 amide bonds. The van der Waals surface area contributed by atoms with Crippen LogP contribution in [0.15, 0.2) is 36.8 Å². The van der Waals surface area contributed by atoms with E-state index in [2.05, 4.69) is 48.2 Å². The van der Waals surface area contributed by atoms with Gasteiger partial charge in [0.2, 0.25) is 0 Å². The van der Waals surface area contributed by atoms with Crippen LogP contribution < -0.4 is 5.32 Å². The molecule has 2 rings (SSSR count). The molecule has 0 aliphatic heterocycles. The molecule has 0 aromatic carbocycles. The summed E-state index contributed by atoms with van der Waals surface area (Å²) in [5, 5.41) is 3.56. The van der Waals surface area contributed by atoms with Gasteiger partial charge in [0.1, 0.15) is 0 Å². The number of aryl methyl sites for hydroxylation is 2. The minimum atomic E-state index is 0.120. The van der Waals surface area contributed by atoms with Crippen molar-refractivity contribution in [2.75, 3.05) is 6.54 Å². The van der Waals surface area contributed by atoms with E-state index in [0.29, 0.717) is 0 Å². The van der Waals surface area contributed by atoms with Crippen LogP contribution >= 0.6 is 0 Å². The van der Waals surface area contributed by atoms with E-state index in [-0.39, 0.29) is 6.04 Å². The van der Waals surface area contributed by atoms with Gasteiger partial charge in [-0.15, -0.1) is 0 Å². The molecule has 100 valence electrons. The lowest BCUT2D eigenvalue weighted by Crippen LogP contribution is -2.25. The highest BCUT2D eigenvalue weighted by Crippen LogP contribution is 2.22. The first-order valence-electron chi connectivity index (χ1n) is 6.78. The number of hydrogen-bond donors (Lipinski definition) is 1. The van der Waals surface area contributed by atoms with E-state index in [1.807, 2.05) is 18.5 Å². The second kappa shape index (κ2) is 6.43. The smallest absolute Gasteiger partial charge is 0.0769 e. The molecule has 1 N–H and O–H groups in total. The number of pyridine rings is 2. The number of nitrogens with one attached hydrogen (secondary N) is 1. The lowest BCUT2D eigenvalue weighted by atomic mass is 10.0. The normalized spacial score (nSPS) is 12.4. The highest BCUT2D eigenvalue weighted by molar-refractivity contribution is 5.32. The summed E-state index contributed by atoms with van der Waals surface area (Å²) in [6.07, 6.45) is 6.74. The summed E-state index contributed by atoms with van der Waals surface area (Å²) in [5.74, 6) is 0. The maximum absolute atomic E-state index is 4.62. The number of rotatable bonds is 5. The largest absolute Gasteiger partial charge is 0.305 e. The van der Waals surface area contributed by atoms with Gasteiger partial charge in [0, 0.05) is 18.6 Å². The summed E-state index contributed by atoms with van der Waals surface area (Å²) in [6, 6.07) is 6.37. The van der Waals surface area contributed by atoms with Crippen LogP contribution in [0.1, 0.15) is 41.8 Å². The van der Waals surface area contributed by atoms with Crippen molar-refractivity contribution in [3.63, 3.8) is 0 Å². The first-order valence-corrected chi connectivity index (χ1v) is 6.78. The van der Waals surface area contributed by atoms with E-state index in [1.165, 1.54) is 11.1 Å². The van der Waals surface area contributed by atoms with Crippen molar-refractivity contribution < 1.29 is 0 Å². The second-order valence-corrected chi connectivity index (χ2v) is 4.89. The van der Waals surface area contributed by atoms with Gasteiger partial charge in [-0.25, -0.2) is 0 Å². The highest BCUT2D eigenvalue weighted by Gasteiger charge is 2.16. The molecule has 0 radical (unpaired) electrons. The SMILES string of the molecule is CCCNC(c1cccnc1)c1ncc(C)cc1C. The zero-order valence-corrected chi connectivity index (χ0v) is 11.9. The van der Waals surface area contributed by atoms with E-state index in [0.717, 1.165) is 24.2 Å². The monoisotopic (exact) mass is 255 g/mol. The molecule has 0 fully saturated rings. The zero-order chi connectivity index (χ0) is 13.7. The molecule has 2 aromatic heterocycles. The molecule has 1 unspecified atom stereocenters. The fraction of sp³-hybridized carbons (Fsp3) is 0.375. The highest BCUT2D eigenvalue weighted by atomic mass is 14.9. The molecule has 1 atom stereocenters. The molecule has 3 nitrogen and oxygen atoms in total. The topological polar surface area (TPSA) is 37.8 Å². The van der Waals surface area contributed by atoms with Crippen LogP contribution in [-0.4, -0.2) is 16.5 Å². The lowest BCUT2D eigenvalue weighted by Gasteiger charge is -2.20. The summed E-state index contributed by atoms with van der Waals surface area (Å²) >= 11 is 0. The van der Waals surface area contributed by atoms with Crippen molar-refractivity contribution in [1.82, 2.24) is 15.3 Å². The molecular formula is C16H21N3. The quantitative estimate of drug-likeness (QED) is 0.891. The van der Waals surface area contributed by atoms with E-state index >= 15 is 0 Å². The van der Waals surface area contributed by atoms with Gasteiger partial charge in [-0.2, -0.15) is 0 Å². The van der Waals surface area contributed by atoms with Gasteiger partial charge < -0.3 is 5.32 Å². The van der Waals surface area contributed by atoms with Crippen molar-refractivity contribution >= 4 is 0 Å². The fourth-order valence-corrected chi connectivity index (χ4v) is 2.24. The number of hydrogen-bond acceptors (Lipinski definition) is 3. The van der Waals surface area contributed by atoms with E-state index in [9.17, 15) is 0 Å². The molecule has 3 heteroatoms. The van der Waals surface area contributed by atoms with E-state index in [1.54, 1.807) is 6.20 Å². The van der Waals surface area contributed by atoms with Crippen LogP contribution in [0, 0.1) is 13.8 Å². The van der Waals surface area contributed by atoms with Crippen molar-refractivity contribution in [3.05, 3.63) is 59.2 Å². The zero-order valence-electron chi connectivity index (χ0n) is 11.9. The van der Waals surface area contributed by atoms with Gasteiger partial charge in [0.05, 0.1) is 11.7 Å². The Kier molecular flexibility index (Phi) is 4.63. The Bertz CT molecular complexity index is 523. The summed E-state index contributed by atoms with van der Waals surface area (Å²) < 4.78 is 0. The molecule has 0 aliphatic carbocycles. The fourth-order valence-electron chi connectivity index (χ4n) is 2.24. The molecule has 19 heavy (non-hydrogen) atoms. The number of nitrogens with zero attached hydrogens (tertiary/aromatic N) is 2. The Morgan fingerprint density at radius 3 is 2.74 bits per heavy atom.